The molecule has 1 aromatic rings. The average Bonchev–Trinajstić information content (AvgIpc) is 2.58. The van der Waals surface area contributed by atoms with Crippen molar-refractivity contribution in [1.29, 1.82) is 0 Å². The average molecular weight is 400 g/mol. The van der Waals surface area contributed by atoms with Crippen LogP contribution in [0.1, 0.15) is 32.3 Å². The highest BCUT2D eigenvalue weighted by atomic mass is 35.5. The normalized spacial score (nSPS) is 15.3. The predicted molar refractivity (Wildman–Crippen MR) is 106 cm³/mol. The van der Waals surface area contributed by atoms with Crippen LogP contribution in [0.25, 0.3) is 0 Å². The molecule has 0 atom stereocenters. The number of hydrogen-bond acceptors (Lipinski definition) is 3. The first-order valence-corrected chi connectivity index (χ1v) is 9.84. The summed E-state index contributed by atoms with van der Waals surface area (Å²) in [6, 6.07) is 5.74. The summed E-state index contributed by atoms with van der Waals surface area (Å²) in [6.45, 7) is 7.14. The van der Waals surface area contributed by atoms with E-state index in [-0.39, 0.29) is 17.9 Å². The van der Waals surface area contributed by atoms with Gasteiger partial charge in [0.05, 0.1) is 16.6 Å². The quantitative estimate of drug-likeness (QED) is 0.766. The number of amides is 2. The molecule has 0 aliphatic carbocycles. The lowest BCUT2D eigenvalue weighted by Gasteiger charge is -2.34. The van der Waals surface area contributed by atoms with E-state index in [1.165, 1.54) is 0 Å². The van der Waals surface area contributed by atoms with E-state index in [0.717, 1.165) is 31.5 Å². The number of hydrogen-bond donors (Lipinski definition) is 1. The van der Waals surface area contributed by atoms with Crippen LogP contribution in [0.15, 0.2) is 18.2 Å². The molecule has 1 fully saturated rings. The summed E-state index contributed by atoms with van der Waals surface area (Å²) in [6.07, 6.45) is 2.11. The maximum Gasteiger partial charge on any atom is 0.234 e. The lowest BCUT2D eigenvalue weighted by Crippen LogP contribution is -2.51. The van der Waals surface area contributed by atoms with Crippen LogP contribution >= 0.6 is 23.2 Å². The Hall–Kier alpha value is -1.30. The van der Waals surface area contributed by atoms with Crippen LogP contribution in [-0.4, -0.2) is 60.4 Å². The van der Waals surface area contributed by atoms with E-state index in [4.69, 9.17) is 23.2 Å². The maximum absolute atomic E-state index is 12.4. The van der Waals surface area contributed by atoms with Crippen molar-refractivity contribution in [3.8, 4) is 0 Å². The van der Waals surface area contributed by atoms with Gasteiger partial charge in [0.1, 0.15) is 0 Å². The Balaban J connectivity index is 1.68. The van der Waals surface area contributed by atoms with Crippen molar-refractivity contribution in [1.82, 2.24) is 15.1 Å². The number of nitrogens with zero attached hydrogens (tertiary/aromatic N) is 2. The molecule has 1 saturated heterocycles. The molecule has 2 amide bonds. The molecule has 144 valence electrons. The summed E-state index contributed by atoms with van der Waals surface area (Å²) in [5.41, 5.74) is 1.09. The molecule has 0 spiro atoms. The summed E-state index contributed by atoms with van der Waals surface area (Å²) >= 11 is 11.9. The zero-order valence-corrected chi connectivity index (χ0v) is 16.9. The Bertz CT molecular complexity index is 629. The first-order valence-electron chi connectivity index (χ1n) is 9.08. The van der Waals surface area contributed by atoms with Gasteiger partial charge in [0.2, 0.25) is 11.8 Å². The minimum absolute atomic E-state index is 0.0430. The second-order valence-corrected chi connectivity index (χ2v) is 7.80. The topological polar surface area (TPSA) is 52.7 Å². The summed E-state index contributed by atoms with van der Waals surface area (Å²) in [4.78, 5) is 28.2. The van der Waals surface area contributed by atoms with Crippen molar-refractivity contribution >= 4 is 35.0 Å². The Morgan fingerprint density at radius 2 is 1.81 bits per heavy atom. The second-order valence-electron chi connectivity index (χ2n) is 6.98. The molecule has 1 heterocycles. The predicted octanol–water partition coefficient (Wildman–Crippen LogP) is 2.98. The largest absolute Gasteiger partial charge is 0.353 e. The highest BCUT2D eigenvalue weighted by molar-refractivity contribution is 6.42. The van der Waals surface area contributed by atoms with E-state index >= 15 is 0 Å². The number of carbonyl (C=O) groups is 2. The molecule has 1 N–H and O–H groups in total. The van der Waals surface area contributed by atoms with Crippen LogP contribution in [0.5, 0.6) is 0 Å². The second kappa shape index (κ2) is 10.1. The van der Waals surface area contributed by atoms with Gasteiger partial charge >= 0.3 is 0 Å². The highest BCUT2D eigenvalue weighted by Gasteiger charge is 2.22. The Kier molecular flexibility index (Phi) is 8.19. The van der Waals surface area contributed by atoms with Gasteiger partial charge in [-0.3, -0.25) is 14.5 Å². The van der Waals surface area contributed by atoms with Crippen molar-refractivity contribution in [3.63, 3.8) is 0 Å². The van der Waals surface area contributed by atoms with Crippen LogP contribution in [-0.2, 0) is 16.0 Å². The van der Waals surface area contributed by atoms with Gasteiger partial charge in [-0.2, -0.15) is 0 Å². The van der Waals surface area contributed by atoms with Gasteiger partial charge in [-0.15, -0.1) is 0 Å². The fourth-order valence-electron chi connectivity index (χ4n) is 3.02. The van der Waals surface area contributed by atoms with Gasteiger partial charge in [0.15, 0.2) is 0 Å². The number of benzene rings is 1. The molecular weight excluding hydrogens is 373 g/mol. The smallest absolute Gasteiger partial charge is 0.234 e. The number of halogens is 2. The fourth-order valence-corrected chi connectivity index (χ4v) is 3.34. The molecule has 1 aliphatic heterocycles. The number of aryl methyl sites for hydroxylation is 1. The van der Waals surface area contributed by atoms with Gasteiger partial charge in [-0.05, 0) is 44.4 Å². The zero-order chi connectivity index (χ0) is 19.1. The summed E-state index contributed by atoms with van der Waals surface area (Å²) in [7, 11) is 0. The third-order valence-electron chi connectivity index (χ3n) is 4.38. The van der Waals surface area contributed by atoms with Crippen molar-refractivity contribution in [3.05, 3.63) is 33.8 Å². The Morgan fingerprint density at radius 1 is 1.12 bits per heavy atom. The SMILES string of the molecule is CC(C)NC(=O)CN1CCN(C(=O)CCCc2ccc(Cl)c(Cl)c2)CC1. The van der Waals surface area contributed by atoms with E-state index in [2.05, 4.69) is 10.2 Å². The van der Waals surface area contributed by atoms with Gasteiger partial charge in [-0.1, -0.05) is 29.3 Å². The van der Waals surface area contributed by atoms with Crippen LogP contribution in [0.3, 0.4) is 0 Å². The molecule has 5 nitrogen and oxygen atoms in total. The number of nitrogens with one attached hydrogen (secondary N) is 1. The van der Waals surface area contributed by atoms with Crippen LogP contribution < -0.4 is 5.32 Å². The van der Waals surface area contributed by atoms with E-state index < -0.39 is 0 Å². The molecule has 1 aliphatic rings. The molecule has 0 bridgehead atoms. The lowest BCUT2D eigenvalue weighted by molar-refractivity contribution is -0.133. The lowest BCUT2D eigenvalue weighted by atomic mass is 10.1. The molecular formula is C19H27Cl2N3O2. The Labute approximate surface area is 165 Å². The standard InChI is InChI=1S/C19H27Cl2N3O2/c1-14(2)22-18(25)13-23-8-10-24(11-9-23)19(26)5-3-4-15-6-7-16(20)17(21)12-15/h6-7,12,14H,3-5,8-11,13H2,1-2H3,(H,22,25). The van der Waals surface area contributed by atoms with Gasteiger partial charge in [-0.25, -0.2) is 0 Å². The fraction of sp³-hybridized carbons (Fsp3) is 0.579. The maximum atomic E-state index is 12.4. The van der Waals surface area contributed by atoms with Crippen LogP contribution in [0.2, 0.25) is 10.0 Å². The van der Waals surface area contributed by atoms with Crippen molar-refractivity contribution in [2.75, 3.05) is 32.7 Å². The van der Waals surface area contributed by atoms with Gasteiger partial charge in [0, 0.05) is 38.6 Å². The van der Waals surface area contributed by atoms with E-state index in [0.29, 0.717) is 36.1 Å². The summed E-state index contributed by atoms with van der Waals surface area (Å²) in [5, 5.41) is 3.99. The summed E-state index contributed by atoms with van der Waals surface area (Å²) in [5.74, 6) is 0.220. The highest BCUT2D eigenvalue weighted by Crippen LogP contribution is 2.23. The van der Waals surface area contributed by atoms with Crippen molar-refractivity contribution in [2.24, 2.45) is 0 Å². The third kappa shape index (κ3) is 6.78. The minimum Gasteiger partial charge on any atom is -0.353 e. The third-order valence-corrected chi connectivity index (χ3v) is 5.12. The molecule has 1 aromatic carbocycles. The molecule has 2 rings (SSSR count). The zero-order valence-electron chi connectivity index (χ0n) is 15.4. The van der Waals surface area contributed by atoms with E-state index in [1.54, 1.807) is 6.07 Å². The van der Waals surface area contributed by atoms with Crippen LogP contribution in [0, 0.1) is 0 Å². The molecule has 0 unspecified atom stereocenters. The first kappa shape index (κ1) is 21.0. The van der Waals surface area contributed by atoms with Gasteiger partial charge < -0.3 is 10.2 Å². The Morgan fingerprint density at radius 3 is 2.42 bits per heavy atom. The first-order chi connectivity index (χ1) is 12.3. The van der Waals surface area contributed by atoms with E-state index in [9.17, 15) is 9.59 Å². The molecule has 26 heavy (non-hydrogen) atoms. The van der Waals surface area contributed by atoms with Gasteiger partial charge in [0.25, 0.3) is 0 Å². The monoisotopic (exact) mass is 399 g/mol. The number of piperazine rings is 1. The van der Waals surface area contributed by atoms with Crippen molar-refractivity contribution < 1.29 is 9.59 Å². The molecule has 0 aromatic heterocycles. The van der Waals surface area contributed by atoms with Crippen molar-refractivity contribution in [2.45, 2.75) is 39.2 Å². The minimum atomic E-state index is 0.0430. The molecule has 0 saturated carbocycles. The van der Waals surface area contributed by atoms with E-state index in [1.807, 2.05) is 30.9 Å². The summed E-state index contributed by atoms with van der Waals surface area (Å²) < 4.78 is 0. The molecule has 0 radical (unpaired) electrons. The molecule has 7 heteroatoms. The van der Waals surface area contributed by atoms with Crippen LogP contribution in [0.4, 0.5) is 0 Å². The number of carbonyl (C=O) groups excluding carboxylic acids is 2. The number of rotatable bonds is 7.